The zero-order valence-electron chi connectivity index (χ0n) is 10.9. The number of benzene rings is 1. The molecule has 1 fully saturated rings. The summed E-state index contributed by atoms with van der Waals surface area (Å²) in [6.07, 6.45) is 5.75. The molecular weight excluding hydrogens is 227 g/mol. The molecule has 18 heavy (non-hydrogen) atoms. The lowest BCUT2D eigenvalue weighted by Crippen LogP contribution is -2.24. The van der Waals surface area contributed by atoms with Gasteiger partial charge in [0.25, 0.3) is 0 Å². The zero-order valence-corrected chi connectivity index (χ0v) is 10.9. The normalized spacial score (nSPS) is 24.2. The van der Waals surface area contributed by atoms with Gasteiger partial charge in [-0.1, -0.05) is 0 Å². The first kappa shape index (κ1) is 11.7. The smallest absolute Gasteiger partial charge is 0.125 e. The lowest BCUT2D eigenvalue weighted by atomic mass is 9.97. The predicted octanol–water partition coefficient (Wildman–Crippen LogP) is 3.50. The summed E-state index contributed by atoms with van der Waals surface area (Å²) in [5.41, 5.74) is 2.27. The molecule has 96 valence electrons. The highest BCUT2D eigenvalue weighted by atomic mass is 19.1. The maximum Gasteiger partial charge on any atom is 0.125 e. The van der Waals surface area contributed by atoms with Gasteiger partial charge in [0.05, 0.1) is 0 Å². The first-order chi connectivity index (χ1) is 8.65. The summed E-state index contributed by atoms with van der Waals surface area (Å²) in [5.74, 6) is 0.435. The molecule has 2 unspecified atom stereocenters. The van der Waals surface area contributed by atoms with E-state index in [4.69, 9.17) is 0 Å². The number of fused-ring (bicyclic) bond motifs is 1. The Labute approximate surface area is 107 Å². The molecule has 1 heterocycles. The van der Waals surface area contributed by atoms with E-state index in [9.17, 15) is 4.39 Å². The van der Waals surface area contributed by atoms with Crippen LogP contribution >= 0.6 is 0 Å². The first-order valence-corrected chi connectivity index (χ1v) is 6.58. The summed E-state index contributed by atoms with van der Waals surface area (Å²) < 4.78 is 13.2. The summed E-state index contributed by atoms with van der Waals surface area (Å²) in [6, 6.07) is 5.72. The molecule has 0 saturated heterocycles. The molecule has 0 bridgehead atoms. The first-order valence-electron chi connectivity index (χ1n) is 6.58. The van der Waals surface area contributed by atoms with Gasteiger partial charge < -0.3 is 9.88 Å². The Bertz CT molecular complexity index is 559. The van der Waals surface area contributed by atoms with E-state index in [0.717, 1.165) is 5.52 Å². The van der Waals surface area contributed by atoms with E-state index in [1.807, 2.05) is 6.07 Å². The topological polar surface area (TPSA) is 19.0 Å². The largest absolute Gasteiger partial charge is 0.361 e. The number of H-pyrrole nitrogens is 1. The van der Waals surface area contributed by atoms with Crippen molar-refractivity contribution in [2.45, 2.75) is 31.2 Å². The second-order valence-electron chi connectivity index (χ2n) is 5.56. The van der Waals surface area contributed by atoms with Gasteiger partial charge in [-0.05, 0) is 63.0 Å². The SMILES string of the molecule is CN(C)C1CCC(c2c[nH]c3cc(F)ccc23)C1. The van der Waals surface area contributed by atoms with Crippen molar-refractivity contribution in [1.29, 1.82) is 0 Å². The average Bonchev–Trinajstić information content (AvgIpc) is 2.92. The monoisotopic (exact) mass is 246 g/mol. The summed E-state index contributed by atoms with van der Waals surface area (Å²) in [7, 11) is 4.30. The summed E-state index contributed by atoms with van der Waals surface area (Å²) >= 11 is 0. The molecule has 0 aliphatic heterocycles. The fourth-order valence-corrected chi connectivity index (χ4v) is 3.17. The number of hydrogen-bond acceptors (Lipinski definition) is 1. The molecule has 1 aromatic heterocycles. The lowest BCUT2D eigenvalue weighted by molar-refractivity contribution is 0.297. The van der Waals surface area contributed by atoms with Crippen LogP contribution in [0.25, 0.3) is 10.9 Å². The Morgan fingerprint density at radius 2 is 2.11 bits per heavy atom. The molecule has 1 saturated carbocycles. The molecule has 1 aromatic carbocycles. The van der Waals surface area contributed by atoms with Crippen LogP contribution in [0.2, 0.25) is 0 Å². The quantitative estimate of drug-likeness (QED) is 0.859. The van der Waals surface area contributed by atoms with Gasteiger partial charge in [-0.15, -0.1) is 0 Å². The molecule has 3 heteroatoms. The Morgan fingerprint density at radius 3 is 2.83 bits per heavy atom. The number of halogens is 1. The number of aromatic nitrogens is 1. The fraction of sp³-hybridized carbons (Fsp3) is 0.467. The van der Waals surface area contributed by atoms with Crippen molar-refractivity contribution < 1.29 is 4.39 Å². The van der Waals surface area contributed by atoms with E-state index in [2.05, 4.69) is 30.2 Å². The minimum Gasteiger partial charge on any atom is -0.361 e. The Kier molecular flexibility index (Phi) is 2.86. The standard InChI is InChI=1S/C15H19FN2/c1-18(2)12-5-3-10(7-12)14-9-17-15-8-11(16)4-6-13(14)15/h4,6,8-10,12,17H,3,5,7H2,1-2H3. The van der Waals surface area contributed by atoms with E-state index < -0.39 is 0 Å². The molecule has 2 nitrogen and oxygen atoms in total. The van der Waals surface area contributed by atoms with Crippen molar-refractivity contribution in [1.82, 2.24) is 9.88 Å². The number of nitrogens with zero attached hydrogens (tertiary/aromatic N) is 1. The molecule has 1 N–H and O–H groups in total. The molecule has 1 aliphatic carbocycles. The number of nitrogens with one attached hydrogen (secondary N) is 1. The number of rotatable bonds is 2. The molecule has 1 aliphatic rings. The van der Waals surface area contributed by atoms with Gasteiger partial charge in [0.2, 0.25) is 0 Å². The van der Waals surface area contributed by atoms with Crippen molar-refractivity contribution in [3.63, 3.8) is 0 Å². The molecule has 3 rings (SSSR count). The van der Waals surface area contributed by atoms with Gasteiger partial charge in [0.1, 0.15) is 5.82 Å². The zero-order chi connectivity index (χ0) is 12.7. The molecular formula is C15H19FN2. The molecule has 0 amide bonds. The highest BCUT2D eigenvalue weighted by Crippen LogP contribution is 2.39. The van der Waals surface area contributed by atoms with E-state index in [1.165, 1.54) is 30.2 Å². The predicted molar refractivity (Wildman–Crippen MR) is 72.3 cm³/mol. The maximum atomic E-state index is 13.2. The van der Waals surface area contributed by atoms with Crippen molar-refractivity contribution in [2.75, 3.05) is 14.1 Å². The Morgan fingerprint density at radius 1 is 1.28 bits per heavy atom. The summed E-state index contributed by atoms with van der Waals surface area (Å²) in [6.45, 7) is 0. The third-order valence-corrected chi connectivity index (χ3v) is 4.25. The van der Waals surface area contributed by atoms with Crippen molar-refractivity contribution in [3.8, 4) is 0 Å². The number of hydrogen-bond donors (Lipinski definition) is 1. The van der Waals surface area contributed by atoms with Crippen LogP contribution in [-0.4, -0.2) is 30.0 Å². The van der Waals surface area contributed by atoms with Crippen LogP contribution in [0.5, 0.6) is 0 Å². The van der Waals surface area contributed by atoms with Gasteiger partial charge in [-0.3, -0.25) is 0 Å². The van der Waals surface area contributed by atoms with Gasteiger partial charge in [-0.2, -0.15) is 0 Å². The Balaban J connectivity index is 1.91. The third kappa shape index (κ3) is 1.93. The van der Waals surface area contributed by atoms with E-state index >= 15 is 0 Å². The van der Waals surface area contributed by atoms with Crippen molar-refractivity contribution in [3.05, 3.63) is 35.8 Å². The average molecular weight is 246 g/mol. The highest BCUT2D eigenvalue weighted by molar-refractivity contribution is 5.83. The third-order valence-electron chi connectivity index (χ3n) is 4.25. The highest BCUT2D eigenvalue weighted by Gasteiger charge is 2.28. The van der Waals surface area contributed by atoms with Crippen LogP contribution in [0.15, 0.2) is 24.4 Å². The van der Waals surface area contributed by atoms with Crippen LogP contribution < -0.4 is 0 Å². The van der Waals surface area contributed by atoms with Gasteiger partial charge in [0.15, 0.2) is 0 Å². The van der Waals surface area contributed by atoms with Crippen LogP contribution in [0.4, 0.5) is 4.39 Å². The summed E-state index contributed by atoms with van der Waals surface area (Å²) in [4.78, 5) is 5.51. The van der Waals surface area contributed by atoms with Gasteiger partial charge in [0, 0.05) is 23.1 Å². The second kappa shape index (κ2) is 4.39. The number of aromatic amines is 1. The maximum absolute atomic E-state index is 13.2. The van der Waals surface area contributed by atoms with Crippen LogP contribution in [0.3, 0.4) is 0 Å². The van der Waals surface area contributed by atoms with E-state index in [0.29, 0.717) is 12.0 Å². The minimum absolute atomic E-state index is 0.173. The fourth-order valence-electron chi connectivity index (χ4n) is 3.17. The lowest BCUT2D eigenvalue weighted by Gasteiger charge is -2.18. The van der Waals surface area contributed by atoms with E-state index in [1.54, 1.807) is 12.1 Å². The minimum atomic E-state index is -0.173. The second-order valence-corrected chi connectivity index (χ2v) is 5.56. The molecule has 2 atom stereocenters. The van der Waals surface area contributed by atoms with Crippen LogP contribution in [0.1, 0.15) is 30.7 Å². The Hall–Kier alpha value is -1.35. The van der Waals surface area contributed by atoms with Crippen LogP contribution in [-0.2, 0) is 0 Å². The van der Waals surface area contributed by atoms with Gasteiger partial charge >= 0.3 is 0 Å². The molecule has 0 radical (unpaired) electrons. The summed E-state index contributed by atoms with van der Waals surface area (Å²) in [5, 5.41) is 1.18. The molecule has 0 spiro atoms. The van der Waals surface area contributed by atoms with Gasteiger partial charge in [-0.25, -0.2) is 4.39 Å². The molecule has 2 aromatic rings. The van der Waals surface area contributed by atoms with Crippen molar-refractivity contribution >= 4 is 10.9 Å². The van der Waals surface area contributed by atoms with Crippen molar-refractivity contribution in [2.24, 2.45) is 0 Å². The van der Waals surface area contributed by atoms with Crippen LogP contribution in [0, 0.1) is 5.82 Å². The van der Waals surface area contributed by atoms with E-state index in [-0.39, 0.29) is 5.82 Å².